The Kier molecular flexibility index (Phi) is 3.29. The highest BCUT2D eigenvalue weighted by atomic mass is 16.3. The second-order valence-corrected chi connectivity index (χ2v) is 5.91. The molecule has 96 valence electrons. The van der Waals surface area contributed by atoms with Crippen LogP contribution in [0.25, 0.3) is 11.0 Å². The van der Waals surface area contributed by atoms with Crippen molar-refractivity contribution in [1.82, 2.24) is 0 Å². The molecule has 1 aromatic carbocycles. The first-order chi connectivity index (χ1) is 8.42. The highest BCUT2D eigenvalue weighted by molar-refractivity contribution is 6.08. The van der Waals surface area contributed by atoms with Crippen LogP contribution in [0, 0.1) is 5.41 Å². The van der Waals surface area contributed by atoms with Gasteiger partial charge in [-0.15, -0.1) is 0 Å². The molecule has 0 unspecified atom stereocenters. The number of aryl methyl sites for hydroxylation is 1. The highest BCUT2D eigenvalue weighted by Gasteiger charge is 2.23. The molecule has 1 aromatic heterocycles. The van der Waals surface area contributed by atoms with Crippen LogP contribution < -0.4 is 0 Å². The number of fused-ring (bicyclic) bond motifs is 1. The Morgan fingerprint density at radius 3 is 2.50 bits per heavy atom. The topological polar surface area (TPSA) is 30.2 Å². The molecule has 2 rings (SSSR count). The predicted octanol–water partition coefficient (Wildman–Crippen LogP) is 4.61. The quantitative estimate of drug-likeness (QED) is 0.738. The number of Topliss-reactive ketones (excluding diaryl/α,β-unsaturated/α-hetero) is 1. The lowest BCUT2D eigenvalue weighted by Crippen LogP contribution is -2.13. The molecule has 2 aromatic rings. The molecular formula is C16H20O2. The molecule has 0 spiro atoms. The van der Waals surface area contributed by atoms with Crippen molar-refractivity contribution >= 4 is 16.8 Å². The summed E-state index contributed by atoms with van der Waals surface area (Å²) in [4.78, 5) is 12.5. The zero-order valence-electron chi connectivity index (χ0n) is 11.5. The second kappa shape index (κ2) is 4.60. The van der Waals surface area contributed by atoms with Crippen LogP contribution in [-0.2, 0) is 6.42 Å². The maximum atomic E-state index is 12.5. The second-order valence-electron chi connectivity index (χ2n) is 5.91. The van der Waals surface area contributed by atoms with Gasteiger partial charge in [-0.3, -0.25) is 4.79 Å². The average molecular weight is 244 g/mol. The third-order valence-corrected chi connectivity index (χ3v) is 2.96. The molecule has 0 N–H and O–H groups in total. The molecule has 0 aliphatic carbocycles. The minimum absolute atomic E-state index is 0.000465. The van der Waals surface area contributed by atoms with Gasteiger partial charge >= 0.3 is 0 Å². The first-order valence-corrected chi connectivity index (χ1v) is 6.46. The van der Waals surface area contributed by atoms with E-state index in [9.17, 15) is 4.79 Å². The molecular weight excluding hydrogens is 224 g/mol. The Morgan fingerprint density at radius 1 is 1.22 bits per heavy atom. The fourth-order valence-corrected chi connectivity index (χ4v) is 2.22. The molecule has 0 aliphatic heterocycles. The fourth-order valence-electron chi connectivity index (χ4n) is 2.22. The SMILES string of the molecule is CCc1oc2ccccc2c1C(=O)CC(C)(C)C. The summed E-state index contributed by atoms with van der Waals surface area (Å²) in [5, 5.41) is 0.948. The Labute approximate surface area is 108 Å². The zero-order valence-corrected chi connectivity index (χ0v) is 11.5. The Balaban J connectivity index is 2.51. The van der Waals surface area contributed by atoms with Gasteiger partial charge in [0.1, 0.15) is 11.3 Å². The standard InChI is InChI=1S/C16H20O2/c1-5-13-15(12(17)10-16(2,3)4)11-8-6-7-9-14(11)18-13/h6-9H,5,10H2,1-4H3. The van der Waals surface area contributed by atoms with Crippen LogP contribution >= 0.6 is 0 Å². The first kappa shape index (κ1) is 12.9. The molecule has 0 saturated carbocycles. The van der Waals surface area contributed by atoms with Gasteiger partial charge in [0.05, 0.1) is 5.56 Å². The van der Waals surface area contributed by atoms with Gasteiger partial charge in [0.15, 0.2) is 5.78 Å². The van der Waals surface area contributed by atoms with E-state index in [0.717, 1.165) is 28.7 Å². The van der Waals surface area contributed by atoms with Gasteiger partial charge in [-0.1, -0.05) is 45.9 Å². The van der Waals surface area contributed by atoms with Gasteiger partial charge in [0, 0.05) is 18.2 Å². The number of furan rings is 1. The van der Waals surface area contributed by atoms with Gasteiger partial charge in [0.2, 0.25) is 0 Å². The minimum atomic E-state index is 0.000465. The predicted molar refractivity (Wildman–Crippen MR) is 74.0 cm³/mol. The lowest BCUT2D eigenvalue weighted by Gasteiger charge is -2.16. The number of rotatable bonds is 3. The van der Waals surface area contributed by atoms with Crippen molar-refractivity contribution in [3.8, 4) is 0 Å². The zero-order chi connectivity index (χ0) is 13.3. The molecule has 0 saturated heterocycles. The maximum absolute atomic E-state index is 12.5. The van der Waals surface area contributed by atoms with E-state index < -0.39 is 0 Å². The van der Waals surface area contributed by atoms with Crippen LogP contribution in [-0.4, -0.2) is 5.78 Å². The summed E-state index contributed by atoms with van der Waals surface area (Å²) >= 11 is 0. The van der Waals surface area contributed by atoms with E-state index in [1.807, 2.05) is 31.2 Å². The Hall–Kier alpha value is -1.57. The Morgan fingerprint density at radius 2 is 1.89 bits per heavy atom. The molecule has 2 nitrogen and oxygen atoms in total. The van der Waals surface area contributed by atoms with Gasteiger partial charge in [-0.25, -0.2) is 0 Å². The van der Waals surface area contributed by atoms with Crippen LogP contribution in [0.4, 0.5) is 0 Å². The molecule has 0 radical (unpaired) electrons. The van der Waals surface area contributed by atoms with E-state index in [1.54, 1.807) is 0 Å². The highest BCUT2D eigenvalue weighted by Crippen LogP contribution is 2.30. The van der Waals surface area contributed by atoms with E-state index in [-0.39, 0.29) is 11.2 Å². The number of ketones is 1. The van der Waals surface area contributed by atoms with Crippen LogP contribution in [0.3, 0.4) is 0 Å². The van der Waals surface area contributed by atoms with E-state index in [4.69, 9.17) is 4.42 Å². The minimum Gasteiger partial charge on any atom is -0.460 e. The number of carbonyl (C=O) groups excluding carboxylic acids is 1. The van der Waals surface area contributed by atoms with Crippen LogP contribution in [0.15, 0.2) is 28.7 Å². The summed E-state index contributed by atoms with van der Waals surface area (Å²) in [6, 6.07) is 7.77. The lowest BCUT2D eigenvalue weighted by atomic mass is 9.87. The fraction of sp³-hybridized carbons (Fsp3) is 0.438. The largest absolute Gasteiger partial charge is 0.460 e. The van der Waals surface area contributed by atoms with E-state index in [1.165, 1.54) is 0 Å². The van der Waals surface area contributed by atoms with Crippen LogP contribution in [0.1, 0.15) is 50.2 Å². The Bertz CT molecular complexity index is 570. The summed E-state index contributed by atoms with van der Waals surface area (Å²) in [5.74, 6) is 0.995. The maximum Gasteiger partial charge on any atom is 0.167 e. The van der Waals surface area contributed by atoms with Gasteiger partial charge in [0.25, 0.3) is 0 Å². The van der Waals surface area contributed by atoms with Crippen LogP contribution in [0.2, 0.25) is 0 Å². The summed E-state index contributed by atoms with van der Waals surface area (Å²) in [7, 11) is 0. The number of carbonyl (C=O) groups is 1. The molecule has 18 heavy (non-hydrogen) atoms. The van der Waals surface area contributed by atoms with E-state index in [0.29, 0.717) is 6.42 Å². The number of hydrogen-bond acceptors (Lipinski definition) is 2. The molecule has 2 heteroatoms. The number of hydrogen-bond donors (Lipinski definition) is 0. The van der Waals surface area contributed by atoms with Crippen molar-refractivity contribution in [1.29, 1.82) is 0 Å². The third kappa shape index (κ3) is 2.47. The number of benzene rings is 1. The number of para-hydroxylation sites is 1. The molecule has 0 aliphatic rings. The summed E-state index contributed by atoms with van der Waals surface area (Å²) in [6.45, 7) is 8.27. The first-order valence-electron chi connectivity index (χ1n) is 6.46. The van der Waals surface area contributed by atoms with E-state index >= 15 is 0 Å². The smallest absolute Gasteiger partial charge is 0.167 e. The lowest BCUT2D eigenvalue weighted by molar-refractivity contribution is 0.0939. The van der Waals surface area contributed by atoms with Gasteiger partial charge in [-0.2, -0.15) is 0 Å². The third-order valence-electron chi connectivity index (χ3n) is 2.96. The van der Waals surface area contributed by atoms with Crippen molar-refractivity contribution in [2.75, 3.05) is 0 Å². The average Bonchev–Trinajstić information content (AvgIpc) is 2.64. The van der Waals surface area contributed by atoms with Crippen LogP contribution in [0.5, 0.6) is 0 Å². The van der Waals surface area contributed by atoms with Crippen molar-refractivity contribution < 1.29 is 9.21 Å². The van der Waals surface area contributed by atoms with Gasteiger partial charge in [-0.05, 0) is 11.5 Å². The summed E-state index contributed by atoms with van der Waals surface area (Å²) < 4.78 is 5.76. The molecule has 0 fully saturated rings. The van der Waals surface area contributed by atoms with Crippen molar-refractivity contribution in [3.05, 3.63) is 35.6 Å². The molecule has 0 atom stereocenters. The molecule has 0 amide bonds. The van der Waals surface area contributed by atoms with E-state index in [2.05, 4.69) is 20.8 Å². The summed E-state index contributed by atoms with van der Waals surface area (Å²) in [5.41, 5.74) is 1.59. The normalized spacial score (nSPS) is 12.0. The van der Waals surface area contributed by atoms with Gasteiger partial charge < -0.3 is 4.42 Å². The van der Waals surface area contributed by atoms with Crippen molar-refractivity contribution in [2.24, 2.45) is 5.41 Å². The summed E-state index contributed by atoms with van der Waals surface area (Å²) in [6.07, 6.45) is 1.30. The van der Waals surface area contributed by atoms with Crippen molar-refractivity contribution in [3.63, 3.8) is 0 Å². The van der Waals surface area contributed by atoms with Crippen molar-refractivity contribution in [2.45, 2.75) is 40.5 Å². The monoisotopic (exact) mass is 244 g/mol. The molecule has 1 heterocycles. The molecule has 0 bridgehead atoms.